The normalized spacial score (nSPS) is 17.5. The first-order valence-electron chi connectivity index (χ1n) is 6.83. The van der Waals surface area contributed by atoms with Crippen molar-refractivity contribution < 1.29 is 9.18 Å². The van der Waals surface area contributed by atoms with Crippen LogP contribution in [0.4, 0.5) is 4.39 Å². The lowest BCUT2D eigenvalue weighted by molar-refractivity contribution is 0.0908. The van der Waals surface area contributed by atoms with Crippen molar-refractivity contribution in [1.82, 2.24) is 5.32 Å². The molecule has 0 saturated heterocycles. The van der Waals surface area contributed by atoms with E-state index in [1.165, 1.54) is 12.1 Å². The van der Waals surface area contributed by atoms with Crippen LogP contribution in [0.15, 0.2) is 18.2 Å². The second-order valence-corrected chi connectivity index (χ2v) is 5.86. The molecule has 3 N–H and O–H groups in total. The number of nitrogens with one attached hydrogen (secondary N) is 1. The SMILES string of the molecule is Cc1cc(C(=O)NC2(C(N)=S)CCCCC2)ccc1F. The molecule has 1 amide bonds. The number of thiocarbonyl (C=S) groups is 1. The molecule has 20 heavy (non-hydrogen) atoms. The highest BCUT2D eigenvalue weighted by atomic mass is 32.1. The van der Waals surface area contributed by atoms with E-state index in [2.05, 4.69) is 5.32 Å². The van der Waals surface area contributed by atoms with E-state index in [1.807, 2.05) is 0 Å². The summed E-state index contributed by atoms with van der Waals surface area (Å²) in [6.45, 7) is 1.63. The molecule has 0 unspecified atom stereocenters. The predicted octanol–water partition coefficient (Wildman–Crippen LogP) is 2.85. The highest BCUT2D eigenvalue weighted by molar-refractivity contribution is 7.80. The van der Waals surface area contributed by atoms with Crippen LogP contribution in [0.2, 0.25) is 0 Å². The number of hydrogen-bond acceptors (Lipinski definition) is 2. The average Bonchev–Trinajstić information content (AvgIpc) is 2.42. The van der Waals surface area contributed by atoms with Crippen molar-refractivity contribution in [2.75, 3.05) is 0 Å². The average molecular weight is 294 g/mol. The Balaban J connectivity index is 2.20. The molecule has 0 aromatic heterocycles. The molecule has 0 atom stereocenters. The van der Waals surface area contributed by atoms with Crippen LogP contribution in [-0.4, -0.2) is 16.4 Å². The van der Waals surface area contributed by atoms with Crippen molar-refractivity contribution in [2.24, 2.45) is 5.73 Å². The largest absolute Gasteiger partial charge is 0.391 e. The fourth-order valence-corrected chi connectivity index (χ4v) is 2.92. The molecule has 3 nitrogen and oxygen atoms in total. The predicted molar refractivity (Wildman–Crippen MR) is 81.2 cm³/mol. The summed E-state index contributed by atoms with van der Waals surface area (Å²) in [6, 6.07) is 4.33. The molecule has 0 spiro atoms. The summed E-state index contributed by atoms with van der Waals surface area (Å²) < 4.78 is 13.3. The van der Waals surface area contributed by atoms with Crippen LogP contribution in [0.25, 0.3) is 0 Å². The molecule has 0 bridgehead atoms. The smallest absolute Gasteiger partial charge is 0.252 e. The molecule has 1 aromatic rings. The maximum absolute atomic E-state index is 13.3. The van der Waals surface area contributed by atoms with Gasteiger partial charge in [-0.25, -0.2) is 4.39 Å². The van der Waals surface area contributed by atoms with Crippen molar-refractivity contribution in [3.63, 3.8) is 0 Å². The summed E-state index contributed by atoms with van der Waals surface area (Å²) in [4.78, 5) is 12.7. The quantitative estimate of drug-likeness (QED) is 0.843. The van der Waals surface area contributed by atoms with E-state index in [1.54, 1.807) is 13.0 Å². The molecule has 1 fully saturated rings. The lowest BCUT2D eigenvalue weighted by Gasteiger charge is -2.37. The van der Waals surface area contributed by atoms with Gasteiger partial charge in [0.25, 0.3) is 5.91 Å². The summed E-state index contributed by atoms with van der Waals surface area (Å²) >= 11 is 5.15. The van der Waals surface area contributed by atoms with Crippen LogP contribution >= 0.6 is 12.2 Å². The Bertz CT molecular complexity index is 539. The number of nitrogens with two attached hydrogens (primary N) is 1. The summed E-state index contributed by atoms with van der Waals surface area (Å²) in [7, 11) is 0. The molecule has 1 aliphatic carbocycles. The van der Waals surface area contributed by atoms with Crippen LogP contribution in [0, 0.1) is 12.7 Å². The number of amides is 1. The molecule has 5 heteroatoms. The maximum atomic E-state index is 13.3. The third-order valence-corrected chi connectivity index (χ3v) is 4.34. The zero-order valence-electron chi connectivity index (χ0n) is 11.5. The highest BCUT2D eigenvalue weighted by Gasteiger charge is 2.36. The minimum atomic E-state index is -0.590. The molecule has 1 saturated carbocycles. The van der Waals surface area contributed by atoms with Gasteiger partial charge >= 0.3 is 0 Å². The topological polar surface area (TPSA) is 55.1 Å². The Hall–Kier alpha value is -1.49. The number of rotatable bonds is 3. The highest BCUT2D eigenvalue weighted by Crippen LogP contribution is 2.29. The standard InChI is InChI=1S/C15H19FN2OS/c1-10-9-11(5-6-12(10)16)13(19)18-15(14(17)20)7-3-2-4-8-15/h5-6,9H,2-4,7-8H2,1H3,(H2,17,20)(H,18,19). The number of carbonyl (C=O) groups is 1. The van der Waals surface area contributed by atoms with Gasteiger partial charge in [-0.05, 0) is 43.5 Å². The molecule has 1 aliphatic rings. The van der Waals surface area contributed by atoms with Gasteiger partial charge in [0.2, 0.25) is 0 Å². The Morgan fingerprint density at radius 1 is 1.35 bits per heavy atom. The van der Waals surface area contributed by atoms with Gasteiger partial charge in [-0.2, -0.15) is 0 Å². The fourth-order valence-electron chi connectivity index (χ4n) is 2.66. The third-order valence-electron chi connectivity index (χ3n) is 3.95. The fraction of sp³-hybridized carbons (Fsp3) is 0.467. The zero-order valence-corrected chi connectivity index (χ0v) is 12.4. The molecule has 0 aliphatic heterocycles. The lowest BCUT2D eigenvalue weighted by Crippen LogP contribution is -2.57. The summed E-state index contributed by atoms with van der Waals surface area (Å²) in [5.74, 6) is -0.564. The van der Waals surface area contributed by atoms with Gasteiger partial charge in [-0.1, -0.05) is 31.5 Å². The van der Waals surface area contributed by atoms with Gasteiger partial charge in [-0.15, -0.1) is 0 Å². The minimum absolute atomic E-state index is 0.247. The number of hydrogen-bond donors (Lipinski definition) is 2. The van der Waals surface area contributed by atoms with Crippen molar-refractivity contribution in [1.29, 1.82) is 0 Å². The number of benzene rings is 1. The van der Waals surface area contributed by atoms with E-state index in [4.69, 9.17) is 18.0 Å². The molecule has 108 valence electrons. The lowest BCUT2D eigenvalue weighted by atomic mass is 9.81. The second-order valence-electron chi connectivity index (χ2n) is 5.43. The van der Waals surface area contributed by atoms with E-state index >= 15 is 0 Å². The Morgan fingerprint density at radius 2 is 2.00 bits per heavy atom. The van der Waals surface area contributed by atoms with Crippen LogP contribution < -0.4 is 11.1 Å². The molecular formula is C15H19FN2OS. The van der Waals surface area contributed by atoms with Crippen molar-refractivity contribution in [3.05, 3.63) is 35.1 Å². The molecule has 2 rings (SSSR count). The summed E-state index contributed by atoms with van der Waals surface area (Å²) in [6.07, 6.45) is 4.68. The van der Waals surface area contributed by atoms with Crippen molar-refractivity contribution >= 4 is 23.1 Å². The van der Waals surface area contributed by atoms with E-state index in [0.717, 1.165) is 32.1 Å². The Morgan fingerprint density at radius 3 is 2.55 bits per heavy atom. The maximum Gasteiger partial charge on any atom is 0.252 e. The molecule has 0 radical (unpaired) electrons. The minimum Gasteiger partial charge on any atom is -0.391 e. The molecule has 0 heterocycles. The van der Waals surface area contributed by atoms with E-state index < -0.39 is 5.54 Å². The third kappa shape index (κ3) is 2.98. The van der Waals surface area contributed by atoms with E-state index in [0.29, 0.717) is 16.1 Å². The van der Waals surface area contributed by atoms with Crippen molar-refractivity contribution in [2.45, 2.75) is 44.6 Å². The first kappa shape index (κ1) is 14.9. The Kier molecular flexibility index (Phi) is 4.38. The van der Waals surface area contributed by atoms with Crippen LogP contribution in [0.1, 0.15) is 48.0 Å². The number of halogens is 1. The van der Waals surface area contributed by atoms with Gasteiger partial charge in [0.05, 0.1) is 10.5 Å². The van der Waals surface area contributed by atoms with Gasteiger partial charge in [0, 0.05) is 5.56 Å². The second kappa shape index (κ2) is 5.87. The van der Waals surface area contributed by atoms with Gasteiger partial charge in [0.1, 0.15) is 5.82 Å². The summed E-state index contributed by atoms with van der Waals surface area (Å²) in [5, 5.41) is 2.97. The first-order chi connectivity index (χ1) is 9.44. The van der Waals surface area contributed by atoms with Crippen LogP contribution in [0.5, 0.6) is 0 Å². The molecular weight excluding hydrogens is 275 g/mol. The van der Waals surface area contributed by atoms with Gasteiger partial charge in [-0.3, -0.25) is 4.79 Å². The van der Waals surface area contributed by atoms with Crippen LogP contribution in [0.3, 0.4) is 0 Å². The van der Waals surface area contributed by atoms with Gasteiger partial charge in [0.15, 0.2) is 0 Å². The number of aryl methyl sites for hydroxylation is 1. The van der Waals surface area contributed by atoms with E-state index in [-0.39, 0.29) is 11.7 Å². The Labute approximate surface area is 123 Å². The van der Waals surface area contributed by atoms with E-state index in [9.17, 15) is 9.18 Å². The summed E-state index contributed by atoms with van der Waals surface area (Å²) in [5.41, 5.74) is 6.13. The first-order valence-corrected chi connectivity index (χ1v) is 7.24. The number of carbonyl (C=O) groups excluding carboxylic acids is 1. The molecule has 1 aromatic carbocycles. The van der Waals surface area contributed by atoms with Gasteiger partial charge < -0.3 is 11.1 Å². The van der Waals surface area contributed by atoms with Crippen molar-refractivity contribution in [3.8, 4) is 0 Å². The monoisotopic (exact) mass is 294 g/mol. The van der Waals surface area contributed by atoms with Crippen LogP contribution in [-0.2, 0) is 0 Å². The zero-order chi connectivity index (χ0) is 14.8.